The van der Waals surface area contributed by atoms with Crippen LogP contribution >= 0.6 is 0 Å². The van der Waals surface area contributed by atoms with Gasteiger partial charge >= 0.3 is 0 Å². The molecule has 190 valence electrons. The summed E-state index contributed by atoms with van der Waals surface area (Å²) in [5.74, 6) is 0.674. The third-order valence-corrected chi connectivity index (χ3v) is 9.20. The molecule has 0 radical (unpaired) electrons. The molecule has 0 aliphatic carbocycles. The maximum atomic E-state index is 13.1. The van der Waals surface area contributed by atoms with E-state index in [0.717, 1.165) is 24.4 Å². The van der Waals surface area contributed by atoms with Gasteiger partial charge in [0.05, 0.1) is 18.0 Å². The van der Waals surface area contributed by atoms with Crippen molar-refractivity contribution in [3.05, 3.63) is 59.7 Å². The van der Waals surface area contributed by atoms with Crippen molar-refractivity contribution in [1.82, 2.24) is 14.5 Å². The van der Waals surface area contributed by atoms with E-state index in [1.807, 2.05) is 31.2 Å². The monoisotopic (exact) mass is 499 g/mol. The molecule has 0 spiro atoms. The Kier molecular flexibility index (Phi) is 8.46. The Labute approximate surface area is 209 Å². The number of nitrogens with one attached hydrogen (secondary N) is 1. The summed E-state index contributed by atoms with van der Waals surface area (Å²) in [7, 11) is -1.86. The van der Waals surface area contributed by atoms with E-state index in [-0.39, 0.29) is 17.9 Å². The van der Waals surface area contributed by atoms with E-state index in [0.29, 0.717) is 37.4 Å². The van der Waals surface area contributed by atoms with Crippen molar-refractivity contribution in [3.8, 4) is 5.75 Å². The Morgan fingerprint density at radius 3 is 2.20 bits per heavy atom. The number of aryl methyl sites for hydroxylation is 1. The molecule has 2 aliphatic rings. The minimum Gasteiger partial charge on any atom is -0.497 e. The predicted octanol–water partition coefficient (Wildman–Crippen LogP) is 3.75. The van der Waals surface area contributed by atoms with Crippen LogP contribution in [0.2, 0.25) is 0 Å². The first kappa shape index (κ1) is 25.7. The number of hydrogen-bond donors (Lipinski definition) is 1. The van der Waals surface area contributed by atoms with Crippen molar-refractivity contribution in [1.29, 1.82) is 0 Å². The first-order chi connectivity index (χ1) is 16.9. The third kappa shape index (κ3) is 6.23. The van der Waals surface area contributed by atoms with Crippen LogP contribution in [0.5, 0.6) is 5.75 Å². The summed E-state index contributed by atoms with van der Waals surface area (Å²) >= 11 is 0. The second kappa shape index (κ2) is 11.5. The summed E-state index contributed by atoms with van der Waals surface area (Å²) < 4.78 is 32.8. The van der Waals surface area contributed by atoms with Crippen LogP contribution in [0.3, 0.4) is 0 Å². The van der Waals surface area contributed by atoms with Crippen molar-refractivity contribution < 1.29 is 17.9 Å². The highest BCUT2D eigenvalue weighted by atomic mass is 32.2. The van der Waals surface area contributed by atoms with Crippen LogP contribution in [0.15, 0.2) is 53.4 Å². The van der Waals surface area contributed by atoms with E-state index < -0.39 is 10.0 Å². The van der Waals surface area contributed by atoms with Gasteiger partial charge in [0.15, 0.2) is 0 Å². The summed E-state index contributed by atoms with van der Waals surface area (Å²) in [5, 5.41) is 3.19. The first-order valence-corrected chi connectivity index (χ1v) is 14.0. The van der Waals surface area contributed by atoms with E-state index in [4.69, 9.17) is 4.74 Å². The predicted molar refractivity (Wildman–Crippen MR) is 137 cm³/mol. The van der Waals surface area contributed by atoms with E-state index >= 15 is 0 Å². The maximum Gasteiger partial charge on any atom is 0.243 e. The lowest BCUT2D eigenvalue weighted by atomic mass is 9.96. The molecule has 2 fully saturated rings. The van der Waals surface area contributed by atoms with Gasteiger partial charge in [-0.25, -0.2) is 8.42 Å². The van der Waals surface area contributed by atoms with Crippen molar-refractivity contribution in [2.45, 2.75) is 50.0 Å². The molecule has 2 saturated heterocycles. The second-order valence-electron chi connectivity index (χ2n) is 9.62. The van der Waals surface area contributed by atoms with Crippen LogP contribution in [-0.2, 0) is 14.8 Å². The Morgan fingerprint density at radius 1 is 0.971 bits per heavy atom. The number of benzene rings is 2. The quantitative estimate of drug-likeness (QED) is 0.599. The Bertz CT molecular complexity index is 1070. The Morgan fingerprint density at radius 2 is 1.60 bits per heavy atom. The molecular weight excluding hydrogens is 462 g/mol. The largest absolute Gasteiger partial charge is 0.497 e. The van der Waals surface area contributed by atoms with Gasteiger partial charge in [-0.3, -0.25) is 9.69 Å². The third-order valence-electron chi connectivity index (χ3n) is 7.29. The fourth-order valence-corrected chi connectivity index (χ4v) is 6.54. The average molecular weight is 500 g/mol. The van der Waals surface area contributed by atoms with Gasteiger partial charge in [0.25, 0.3) is 0 Å². The van der Waals surface area contributed by atoms with Gasteiger partial charge in [0, 0.05) is 25.6 Å². The molecule has 2 aromatic carbocycles. The average Bonchev–Trinajstić information content (AvgIpc) is 2.90. The number of ether oxygens (including phenoxy) is 1. The van der Waals surface area contributed by atoms with E-state index in [9.17, 15) is 13.2 Å². The highest BCUT2D eigenvalue weighted by Crippen LogP contribution is 2.27. The first-order valence-electron chi connectivity index (χ1n) is 12.6. The molecule has 1 N–H and O–H groups in total. The standard InChI is InChI=1S/C27H37N3O4S/c1-21-6-12-25(13-7-21)35(32,33)30-18-14-23(15-19-30)27(31)28-20-26(29-16-4-3-5-17-29)22-8-10-24(34-2)11-9-22/h6-13,23,26H,3-5,14-20H2,1-2H3,(H,28,31)/t26-/m1/s1. The minimum absolute atomic E-state index is 0.0212. The number of piperidine rings is 2. The Balaban J connectivity index is 1.35. The lowest BCUT2D eigenvalue weighted by Crippen LogP contribution is -2.45. The smallest absolute Gasteiger partial charge is 0.243 e. The number of likely N-dealkylation sites (tertiary alicyclic amines) is 1. The fourth-order valence-electron chi connectivity index (χ4n) is 5.07. The minimum atomic E-state index is -3.53. The number of nitrogens with zero attached hydrogens (tertiary/aromatic N) is 2. The molecule has 1 amide bonds. The van der Waals surface area contributed by atoms with E-state index in [1.54, 1.807) is 19.2 Å². The molecule has 2 aliphatic heterocycles. The van der Waals surface area contributed by atoms with E-state index in [1.165, 1.54) is 29.1 Å². The molecule has 4 rings (SSSR count). The highest BCUT2D eigenvalue weighted by molar-refractivity contribution is 7.89. The van der Waals surface area contributed by atoms with Crippen molar-refractivity contribution in [2.24, 2.45) is 5.92 Å². The lowest BCUT2D eigenvalue weighted by molar-refractivity contribution is -0.126. The van der Waals surface area contributed by atoms with Gasteiger partial charge in [0.2, 0.25) is 15.9 Å². The van der Waals surface area contributed by atoms with E-state index in [2.05, 4.69) is 22.3 Å². The van der Waals surface area contributed by atoms with Gasteiger partial charge in [0.1, 0.15) is 5.75 Å². The normalized spacial score (nSPS) is 19.3. The van der Waals surface area contributed by atoms with Gasteiger partial charge in [-0.2, -0.15) is 4.31 Å². The summed E-state index contributed by atoms with van der Waals surface area (Å²) in [6, 6.07) is 15.2. The zero-order chi connectivity index (χ0) is 24.8. The van der Waals surface area contributed by atoms with Crippen LogP contribution in [0.25, 0.3) is 0 Å². The summed E-state index contributed by atoms with van der Waals surface area (Å²) in [5.41, 5.74) is 2.20. The molecule has 7 nitrogen and oxygen atoms in total. The molecule has 0 bridgehead atoms. The summed E-state index contributed by atoms with van der Waals surface area (Å²) in [4.78, 5) is 15.8. The van der Waals surface area contributed by atoms with Crippen molar-refractivity contribution in [3.63, 3.8) is 0 Å². The summed E-state index contributed by atoms with van der Waals surface area (Å²) in [6.45, 7) is 5.27. The van der Waals surface area contributed by atoms with Gasteiger partial charge in [-0.1, -0.05) is 36.2 Å². The van der Waals surface area contributed by atoms with Gasteiger partial charge < -0.3 is 10.1 Å². The van der Waals surface area contributed by atoms with Gasteiger partial charge in [-0.05, 0) is 75.5 Å². The number of carbonyl (C=O) groups is 1. The fraction of sp³-hybridized carbons (Fsp3) is 0.519. The zero-order valence-electron chi connectivity index (χ0n) is 20.8. The molecular formula is C27H37N3O4S. The number of rotatable bonds is 8. The molecule has 35 heavy (non-hydrogen) atoms. The lowest BCUT2D eigenvalue weighted by Gasteiger charge is -2.36. The number of sulfonamides is 1. The highest BCUT2D eigenvalue weighted by Gasteiger charge is 2.32. The Hall–Kier alpha value is -2.42. The molecule has 8 heteroatoms. The van der Waals surface area contributed by atoms with Crippen molar-refractivity contribution >= 4 is 15.9 Å². The van der Waals surface area contributed by atoms with Crippen LogP contribution in [0, 0.1) is 12.8 Å². The SMILES string of the molecule is COc1ccc([C@@H](CNC(=O)C2CCN(S(=O)(=O)c3ccc(C)cc3)CC2)N2CCCCC2)cc1. The zero-order valence-corrected chi connectivity index (χ0v) is 21.6. The molecule has 0 unspecified atom stereocenters. The molecule has 2 aromatic rings. The molecule has 0 aromatic heterocycles. The van der Waals surface area contributed by atoms with Crippen LogP contribution in [-0.4, -0.2) is 63.4 Å². The van der Waals surface area contributed by atoms with Crippen LogP contribution in [0.1, 0.15) is 49.3 Å². The number of methoxy groups -OCH3 is 1. The number of amides is 1. The maximum absolute atomic E-state index is 13.1. The second-order valence-corrected chi connectivity index (χ2v) is 11.6. The van der Waals surface area contributed by atoms with Crippen LogP contribution < -0.4 is 10.1 Å². The topological polar surface area (TPSA) is 79.0 Å². The number of hydrogen-bond acceptors (Lipinski definition) is 5. The van der Waals surface area contributed by atoms with Crippen molar-refractivity contribution in [2.75, 3.05) is 39.8 Å². The summed E-state index contributed by atoms with van der Waals surface area (Å²) in [6.07, 6.45) is 4.67. The molecule has 2 heterocycles. The van der Waals surface area contributed by atoms with Crippen LogP contribution in [0.4, 0.5) is 0 Å². The molecule has 0 saturated carbocycles. The molecule has 1 atom stereocenters. The van der Waals surface area contributed by atoms with Gasteiger partial charge in [-0.15, -0.1) is 0 Å². The number of carbonyl (C=O) groups excluding carboxylic acids is 1.